The molecule has 1 aliphatic rings. The van der Waals surface area contributed by atoms with Crippen LogP contribution in [0, 0.1) is 0 Å². The molecule has 7 heteroatoms. The van der Waals surface area contributed by atoms with Crippen molar-refractivity contribution in [3.8, 4) is 0 Å². The van der Waals surface area contributed by atoms with Gasteiger partial charge in [0.2, 0.25) is 11.8 Å². The Kier molecular flexibility index (Phi) is 5.77. The number of halogens is 1. The lowest BCUT2D eigenvalue weighted by atomic mass is 10.1. The zero-order valence-corrected chi connectivity index (χ0v) is 16.2. The molecule has 6 nitrogen and oxygen atoms in total. The number of hydrogen-bond acceptors (Lipinski definition) is 5. The third-order valence-corrected chi connectivity index (χ3v) is 5.00. The van der Waals surface area contributed by atoms with Crippen molar-refractivity contribution in [2.45, 2.75) is 31.7 Å². The van der Waals surface area contributed by atoms with Crippen LogP contribution in [-0.2, 0) is 11.2 Å². The standard InChI is InChI=1S/C20H22N4O2.ClH/c1-13(21-2)10-18-22-20(26-23-18)15-11-19(25)24(12-15)17-9-5-7-14-6-3-4-8-16(14)17;/h3-9,13,15,21H,10-12H2,1-2H3;1H. The van der Waals surface area contributed by atoms with Crippen LogP contribution in [0.3, 0.4) is 0 Å². The first-order valence-electron chi connectivity index (χ1n) is 8.93. The molecule has 142 valence electrons. The van der Waals surface area contributed by atoms with Crippen LogP contribution < -0.4 is 10.2 Å². The first-order chi connectivity index (χ1) is 12.7. The fourth-order valence-corrected chi connectivity index (χ4v) is 3.44. The molecule has 0 bridgehead atoms. The number of carbonyl (C=O) groups is 1. The van der Waals surface area contributed by atoms with Gasteiger partial charge in [-0.1, -0.05) is 41.6 Å². The smallest absolute Gasteiger partial charge is 0.232 e. The number of nitrogens with one attached hydrogen (secondary N) is 1. The fraction of sp³-hybridized carbons (Fsp3) is 0.350. The molecule has 2 aromatic carbocycles. The van der Waals surface area contributed by atoms with E-state index in [1.165, 1.54) is 0 Å². The molecule has 1 saturated heterocycles. The number of anilines is 1. The third kappa shape index (κ3) is 3.82. The van der Waals surface area contributed by atoms with E-state index < -0.39 is 0 Å². The highest BCUT2D eigenvalue weighted by Gasteiger charge is 2.35. The van der Waals surface area contributed by atoms with Crippen molar-refractivity contribution in [3.05, 3.63) is 54.2 Å². The average molecular weight is 387 g/mol. The van der Waals surface area contributed by atoms with Gasteiger partial charge in [0.25, 0.3) is 0 Å². The van der Waals surface area contributed by atoms with Crippen LogP contribution in [0.4, 0.5) is 5.69 Å². The van der Waals surface area contributed by atoms with Gasteiger partial charge in [-0.3, -0.25) is 4.79 Å². The molecule has 1 amide bonds. The van der Waals surface area contributed by atoms with E-state index in [0.29, 0.717) is 31.1 Å². The summed E-state index contributed by atoms with van der Waals surface area (Å²) in [6.45, 7) is 2.63. The molecule has 0 radical (unpaired) electrons. The van der Waals surface area contributed by atoms with E-state index in [0.717, 1.165) is 16.5 Å². The normalized spacial score (nSPS) is 17.9. The zero-order chi connectivity index (χ0) is 18.1. The summed E-state index contributed by atoms with van der Waals surface area (Å²) in [7, 11) is 1.91. The van der Waals surface area contributed by atoms with Crippen molar-refractivity contribution in [2.24, 2.45) is 0 Å². The average Bonchev–Trinajstić information content (AvgIpc) is 3.27. The van der Waals surface area contributed by atoms with Gasteiger partial charge in [-0.2, -0.15) is 4.98 Å². The number of carbonyl (C=O) groups excluding carboxylic acids is 1. The fourth-order valence-electron chi connectivity index (χ4n) is 3.44. The highest BCUT2D eigenvalue weighted by atomic mass is 35.5. The van der Waals surface area contributed by atoms with Crippen LogP contribution in [0.2, 0.25) is 0 Å². The lowest BCUT2D eigenvalue weighted by Gasteiger charge is -2.18. The van der Waals surface area contributed by atoms with Gasteiger partial charge in [-0.05, 0) is 25.4 Å². The molecule has 4 rings (SSSR count). The van der Waals surface area contributed by atoms with Crippen LogP contribution in [0.1, 0.15) is 31.0 Å². The van der Waals surface area contributed by atoms with E-state index >= 15 is 0 Å². The van der Waals surface area contributed by atoms with Gasteiger partial charge < -0.3 is 14.7 Å². The first kappa shape index (κ1) is 19.3. The molecule has 2 heterocycles. The van der Waals surface area contributed by atoms with Gasteiger partial charge in [0, 0.05) is 30.8 Å². The molecule has 0 aliphatic carbocycles. The molecule has 0 saturated carbocycles. The Morgan fingerprint density at radius 2 is 2.04 bits per heavy atom. The minimum absolute atomic E-state index is 0. The minimum Gasteiger partial charge on any atom is -0.339 e. The second-order valence-electron chi connectivity index (χ2n) is 6.85. The van der Waals surface area contributed by atoms with Crippen LogP contribution in [0.15, 0.2) is 47.0 Å². The molecule has 1 aromatic heterocycles. The number of nitrogens with zero attached hydrogens (tertiary/aromatic N) is 3. The maximum absolute atomic E-state index is 12.7. The maximum Gasteiger partial charge on any atom is 0.232 e. The Hall–Kier alpha value is -2.44. The van der Waals surface area contributed by atoms with Gasteiger partial charge in [0.1, 0.15) is 0 Å². The molecule has 27 heavy (non-hydrogen) atoms. The van der Waals surface area contributed by atoms with Crippen LogP contribution in [0.5, 0.6) is 0 Å². The summed E-state index contributed by atoms with van der Waals surface area (Å²) in [6.07, 6.45) is 1.10. The van der Waals surface area contributed by atoms with E-state index in [1.54, 1.807) is 0 Å². The monoisotopic (exact) mass is 386 g/mol. The highest BCUT2D eigenvalue weighted by molar-refractivity contribution is 6.05. The second-order valence-corrected chi connectivity index (χ2v) is 6.85. The molecule has 1 aliphatic heterocycles. The maximum atomic E-state index is 12.7. The number of amides is 1. The minimum atomic E-state index is -0.0624. The summed E-state index contributed by atoms with van der Waals surface area (Å²) >= 11 is 0. The van der Waals surface area contributed by atoms with E-state index in [1.807, 2.05) is 36.2 Å². The first-order valence-corrected chi connectivity index (χ1v) is 8.93. The lowest BCUT2D eigenvalue weighted by Crippen LogP contribution is -2.24. The Bertz CT molecular complexity index is 937. The van der Waals surface area contributed by atoms with Crippen molar-refractivity contribution >= 4 is 34.8 Å². The highest BCUT2D eigenvalue weighted by Crippen LogP contribution is 2.34. The predicted octanol–water partition coefficient (Wildman–Crippen LogP) is 3.32. The largest absolute Gasteiger partial charge is 0.339 e. The van der Waals surface area contributed by atoms with E-state index in [2.05, 4.69) is 40.6 Å². The number of aromatic nitrogens is 2. The van der Waals surface area contributed by atoms with Crippen molar-refractivity contribution < 1.29 is 9.32 Å². The van der Waals surface area contributed by atoms with Crippen molar-refractivity contribution in [3.63, 3.8) is 0 Å². The number of benzene rings is 2. The van der Waals surface area contributed by atoms with Crippen molar-refractivity contribution in [1.82, 2.24) is 15.5 Å². The van der Waals surface area contributed by atoms with Gasteiger partial charge in [-0.25, -0.2) is 0 Å². The Morgan fingerprint density at radius 3 is 2.85 bits per heavy atom. The molecule has 2 unspecified atom stereocenters. The molecule has 3 aromatic rings. The summed E-state index contributed by atoms with van der Waals surface area (Å²) in [5, 5.41) is 9.44. The Labute approximate surface area is 164 Å². The van der Waals surface area contributed by atoms with Gasteiger partial charge in [0.15, 0.2) is 5.82 Å². The molecule has 1 N–H and O–H groups in total. The summed E-state index contributed by atoms with van der Waals surface area (Å²) in [5.74, 6) is 1.26. The van der Waals surface area contributed by atoms with Gasteiger partial charge in [0.05, 0.1) is 11.6 Å². The molecule has 2 atom stereocenters. The predicted molar refractivity (Wildman–Crippen MR) is 107 cm³/mol. The third-order valence-electron chi connectivity index (χ3n) is 5.00. The summed E-state index contributed by atoms with van der Waals surface area (Å²) in [5.41, 5.74) is 0.944. The van der Waals surface area contributed by atoms with Crippen LogP contribution >= 0.6 is 12.4 Å². The van der Waals surface area contributed by atoms with Gasteiger partial charge >= 0.3 is 0 Å². The number of fused-ring (bicyclic) bond motifs is 1. The molecular formula is C20H23ClN4O2. The SMILES string of the molecule is CNC(C)Cc1noc(C2CC(=O)N(c3cccc4ccccc34)C2)n1.Cl. The van der Waals surface area contributed by atoms with Crippen LogP contribution in [0.25, 0.3) is 10.8 Å². The topological polar surface area (TPSA) is 71.3 Å². The Morgan fingerprint density at radius 1 is 1.26 bits per heavy atom. The van der Waals surface area contributed by atoms with Gasteiger partial charge in [-0.15, -0.1) is 12.4 Å². The molecule has 0 spiro atoms. The zero-order valence-electron chi connectivity index (χ0n) is 15.4. The van der Waals surface area contributed by atoms with E-state index in [4.69, 9.17) is 4.52 Å². The summed E-state index contributed by atoms with van der Waals surface area (Å²) < 4.78 is 5.45. The second kappa shape index (κ2) is 8.06. The van der Waals surface area contributed by atoms with Crippen molar-refractivity contribution in [1.29, 1.82) is 0 Å². The number of hydrogen-bond donors (Lipinski definition) is 1. The molecule has 1 fully saturated rings. The number of rotatable bonds is 5. The quantitative estimate of drug-likeness (QED) is 0.728. The lowest BCUT2D eigenvalue weighted by molar-refractivity contribution is -0.117. The Balaban J connectivity index is 0.00000210. The van der Waals surface area contributed by atoms with E-state index in [-0.39, 0.29) is 30.3 Å². The van der Waals surface area contributed by atoms with E-state index in [9.17, 15) is 4.79 Å². The van der Waals surface area contributed by atoms with Crippen molar-refractivity contribution in [2.75, 3.05) is 18.5 Å². The summed E-state index contributed by atoms with van der Waals surface area (Å²) in [6, 6.07) is 14.4. The molecular weight excluding hydrogens is 364 g/mol. The summed E-state index contributed by atoms with van der Waals surface area (Å²) in [4.78, 5) is 19.0. The van der Waals surface area contributed by atoms with Crippen LogP contribution in [-0.4, -0.2) is 35.7 Å². The number of likely N-dealkylation sites (N-methyl/N-ethyl adjacent to an activating group) is 1.